The minimum atomic E-state index is -1.09. The molecule has 0 bridgehead atoms. The molecular formula is C4H6ClRh. The van der Waals surface area contributed by atoms with Crippen molar-refractivity contribution in [2.45, 2.75) is 0 Å². The monoisotopic (exact) mass is 192 g/mol. The molecule has 0 aliphatic heterocycles. The van der Waals surface area contributed by atoms with Crippen LogP contribution in [0.25, 0.3) is 0 Å². The van der Waals surface area contributed by atoms with Gasteiger partial charge in [0.05, 0.1) is 0 Å². The molecule has 0 radical (unpaired) electrons. The summed E-state index contributed by atoms with van der Waals surface area (Å²) in [5, 5.41) is 0. The molecule has 0 atom stereocenters. The first-order valence-corrected chi connectivity index (χ1v) is 5.33. The first kappa shape index (κ1) is 6.39. The molecule has 0 aromatic carbocycles. The van der Waals surface area contributed by atoms with Crippen LogP contribution in [0.5, 0.6) is 0 Å². The van der Waals surface area contributed by atoms with Gasteiger partial charge < -0.3 is 0 Å². The molecule has 0 saturated carbocycles. The van der Waals surface area contributed by atoms with Crippen LogP contribution in [-0.2, 0) is 15.0 Å². The van der Waals surface area contributed by atoms with Crippen molar-refractivity contribution in [1.82, 2.24) is 0 Å². The Balaban J connectivity index is 3.21. The van der Waals surface area contributed by atoms with Gasteiger partial charge in [0.1, 0.15) is 0 Å². The van der Waals surface area contributed by atoms with Crippen LogP contribution in [0.15, 0.2) is 22.5 Å². The average molecular weight is 192 g/mol. The molecule has 0 aromatic rings. The molecule has 0 rings (SSSR count). The molecule has 0 fully saturated rings. The fourth-order valence-corrected chi connectivity index (χ4v) is 0.329. The van der Waals surface area contributed by atoms with Gasteiger partial charge in [-0.1, -0.05) is 0 Å². The summed E-state index contributed by atoms with van der Waals surface area (Å²) in [5.74, 6) is 0. The molecule has 6 heavy (non-hydrogen) atoms. The molecule has 0 unspecified atom stereocenters. The van der Waals surface area contributed by atoms with E-state index in [1.165, 1.54) is 0 Å². The Morgan fingerprint density at radius 2 is 1.67 bits per heavy atom. The molecule has 0 spiro atoms. The van der Waals surface area contributed by atoms with E-state index >= 15 is 0 Å². The van der Waals surface area contributed by atoms with Gasteiger partial charge in [-0.3, -0.25) is 0 Å². The second-order valence-corrected chi connectivity index (χ2v) is 4.85. The van der Waals surface area contributed by atoms with Gasteiger partial charge in [0.15, 0.2) is 0 Å². The normalized spacial score (nSPS) is 9.83. The van der Waals surface area contributed by atoms with E-state index in [1.807, 2.05) is 0 Å². The zero-order valence-electron chi connectivity index (χ0n) is 3.28. The molecule has 0 aliphatic carbocycles. The third kappa shape index (κ3) is 2.62. The first-order valence-electron chi connectivity index (χ1n) is 1.33. The van der Waals surface area contributed by atoms with Gasteiger partial charge in [-0.15, -0.1) is 0 Å². The Morgan fingerprint density at radius 3 is 1.67 bits per heavy atom. The van der Waals surface area contributed by atoms with Gasteiger partial charge >= 0.3 is 47.1 Å². The van der Waals surface area contributed by atoms with E-state index in [2.05, 4.69) is 13.2 Å². The topological polar surface area (TPSA) is 0 Å². The molecule has 0 heterocycles. The zero-order chi connectivity index (χ0) is 4.99. The summed E-state index contributed by atoms with van der Waals surface area (Å²) >= 11 is -1.09. The van der Waals surface area contributed by atoms with E-state index in [0.29, 0.717) is 0 Å². The molecule has 0 nitrogen and oxygen atoms in total. The van der Waals surface area contributed by atoms with E-state index in [4.69, 9.17) is 9.69 Å². The van der Waals surface area contributed by atoms with Gasteiger partial charge in [0.25, 0.3) is 0 Å². The van der Waals surface area contributed by atoms with Gasteiger partial charge in [-0.2, -0.15) is 0 Å². The van der Waals surface area contributed by atoms with E-state index in [0.717, 1.165) is 0 Å². The van der Waals surface area contributed by atoms with Gasteiger partial charge in [0, 0.05) is 0 Å². The molecular weight excluding hydrogens is 186 g/mol. The van der Waals surface area contributed by atoms with Crippen molar-refractivity contribution in [1.29, 1.82) is 0 Å². The van der Waals surface area contributed by atoms with E-state index in [-0.39, 0.29) is 0 Å². The van der Waals surface area contributed by atoms with Gasteiger partial charge in [0.2, 0.25) is 0 Å². The van der Waals surface area contributed by atoms with Crippen LogP contribution in [-0.4, -0.2) is 0 Å². The van der Waals surface area contributed by atoms with E-state index < -0.39 is 15.0 Å². The molecule has 0 saturated heterocycles. The predicted octanol–water partition coefficient (Wildman–Crippen LogP) is 2.05. The van der Waals surface area contributed by atoms with Crippen LogP contribution in [0, 0.1) is 0 Å². The average Bonchev–Trinajstić information content (AvgIpc) is 1.65. The summed E-state index contributed by atoms with van der Waals surface area (Å²) in [7, 11) is 5.54. The van der Waals surface area contributed by atoms with Crippen LogP contribution in [0.3, 0.4) is 0 Å². The summed E-state index contributed by atoms with van der Waals surface area (Å²) in [6, 6.07) is 0. The van der Waals surface area contributed by atoms with Crippen LogP contribution in [0.4, 0.5) is 0 Å². The fourth-order valence-electron chi connectivity index (χ4n) is 0.0556. The van der Waals surface area contributed by atoms with Crippen molar-refractivity contribution in [2.75, 3.05) is 0 Å². The Kier molecular flexibility index (Phi) is 3.81. The molecule has 2 heteroatoms. The van der Waals surface area contributed by atoms with Gasteiger partial charge in [-0.25, -0.2) is 0 Å². The SMILES string of the molecule is C=[CH][Rh]([Cl])[CH]=C. The standard InChI is InChI=1S/2C2H3.ClH.Rh/c2*1-2;;/h2*1H,2H2;1H;/q;;;+1/p-1. The molecule has 0 aliphatic rings. The van der Waals surface area contributed by atoms with Crippen molar-refractivity contribution < 1.29 is 15.0 Å². The van der Waals surface area contributed by atoms with Crippen molar-refractivity contribution in [3.05, 3.63) is 22.5 Å². The Labute approximate surface area is 47.4 Å². The molecule has 38 valence electrons. The summed E-state index contributed by atoms with van der Waals surface area (Å²) in [5.41, 5.74) is 0. The zero-order valence-corrected chi connectivity index (χ0v) is 5.67. The number of hydrogen-bond acceptors (Lipinski definition) is 0. The fraction of sp³-hybridized carbons (Fsp3) is 0. The Hall–Kier alpha value is 0.393. The van der Waals surface area contributed by atoms with Crippen LogP contribution in [0.2, 0.25) is 0 Å². The molecule has 0 amide bonds. The van der Waals surface area contributed by atoms with Crippen molar-refractivity contribution in [3.8, 4) is 0 Å². The maximum atomic E-state index is 5.54. The minimum absolute atomic E-state index is 1.09. The Morgan fingerprint density at radius 1 is 1.33 bits per heavy atom. The van der Waals surface area contributed by atoms with E-state index in [9.17, 15) is 0 Å². The second kappa shape index (κ2) is 3.58. The Bertz CT molecular complexity index is 52.6. The maximum absolute atomic E-state index is 5.54. The van der Waals surface area contributed by atoms with Crippen LogP contribution >= 0.6 is 9.69 Å². The summed E-state index contributed by atoms with van der Waals surface area (Å²) in [4.78, 5) is 0. The summed E-state index contributed by atoms with van der Waals surface area (Å²) < 4.78 is 3.50. The molecule has 0 N–H and O–H groups in total. The third-order valence-corrected chi connectivity index (χ3v) is 2.76. The number of rotatable bonds is 2. The van der Waals surface area contributed by atoms with Gasteiger partial charge in [-0.05, 0) is 0 Å². The second-order valence-electron chi connectivity index (χ2n) is 0.529. The third-order valence-electron chi connectivity index (χ3n) is 0.260. The van der Waals surface area contributed by atoms with Crippen LogP contribution < -0.4 is 0 Å². The van der Waals surface area contributed by atoms with Crippen molar-refractivity contribution in [2.24, 2.45) is 0 Å². The predicted molar refractivity (Wildman–Crippen MR) is 26.2 cm³/mol. The first-order chi connectivity index (χ1) is 2.81. The number of halogens is 1. The van der Waals surface area contributed by atoms with Crippen LogP contribution in [0.1, 0.15) is 0 Å². The quantitative estimate of drug-likeness (QED) is 0.588. The summed E-state index contributed by atoms with van der Waals surface area (Å²) in [6.45, 7) is 6.97. The number of hydrogen-bond donors (Lipinski definition) is 0. The summed E-state index contributed by atoms with van der Waals surface area (Å²) in [6.07, 6.45) is 0. The van der Waals surface area contributed by atoms with Crippen molar-refractivity contribution in [3.63, 3.8) is 0 Å². The van der Waals surface area contributed by atoms with Crippen molar-refractivity contribution >= 4 is 9.69 Å². The molecule has 0 aromatic heterocycles. The van der Waals surface area contributed by atoms with E-state index in [1.54, 1.807) is 9.34 Å².